The van der Waals surface area contributed by atoms with Gasteiger partial charge in [0.05, 0.1) is 31.6 Å². The van der Waals surface area contributed by atoms with Crippen LogP contribution in [0, 0.1) is 0 Å². The summed E-state index contributed by atoms with van der Waals surface area (Å²) >= 11 is 0. The van der Waals surface area contributed by atoms with E-state index in [1.54, 1.807) is 6.26 Å². The molecule has 2 rings (SSSR count). The molecule has 30 heavy (non-hydrogen) atoms. The molecule has 2 aromatic rings. The Bertz CT molecular complexity index is 683. The Morgan fingerprint density at radius 2 is 1.97 bits per heavy atom. The lowest BCUT2D eigenvalue weighted by molar-refractivity contribution is 0.00111. The molecule has 1 heterocycles. The molecule has 0 aliphatic rings. The fourth-order valence-corrected chi connectivity index (χ4v) is 2.62. The van der Waals surface area contributed by atoms with Gasteiger partial charge in [0.2, 0.25) is 0 Å². The fraction of sp³-hybridized carbons (Fsp3) is 0.500. The number of aliphatic hydroxyl groups is 1. The fourth-order valence-electron chi connectivity index (χ4n) is 2.62. The average Bonchev–Trinajstić information content (AvgIpc) is 3.26. The van der Waals surface area contributed by atoms with Crippen molar-refractivity contribution >= 4 is 29.9 Å². The Morgan fingerprint density at radius 3 is 2.67 bits per heavy atom. The second-order valence-electron chi connectivity index (χ2n) is 6.67. The standard InChI is InChI=1S/C22H33N3O4.HI/c1-3-23-22(24-12-8-13-27-17-21-11-7-14-28-21)25-15-20(26)16-29-18(2)19-9-5-4-6-10-19;/h4-7,9-11,14,18,20,26H,3,8,12-13,15-17H2,1-2H3,(H2,23,24,25);1H. The second-order valence-corrected chi connectivity index (χ2v) is 6.67. The Hall–Kier alpha value is -1.62. The number of benzene rings is 1. The van der Waals surface area contributed by atoms with E-state index in [4.69, 9.17) is 13.9 Å². The number of aliphatic hydroxyl groups excluding tert-OH is 1. The zero-order valence-corrected chi connectivity index (χ0v) is 20.1. The molecule has 0 aliphatic carbocycles. The van der Waals surface area contributed by atoms with Gasteiger partial charge >= 0.3 is 0 Å². The lowest BCUT2D eigenvalue weighted by Crippen LogP contribution is -2.39. The van der Waals surface area contributed by atoms with Gasteiger partial charge in [0.1, 0.15) is 12.4 Å². The molecule has 1 aromatic carbocycles. The molecular formula is C22H34IN3O4. The number of furan rings is 1. The molecule has 0 radical (unpaired) electrons. The minimum atomic E-state index is -0.659. The molecule has 2 unspecified atom stereocenters. The van der Waals surface area contributed by atoms with Crippen molar-refractivity contribution in [1.82, 2.24) is 10.6 Å². The maximum Gasteiger partial charge on any atom is 0.191 e. The average molecular weight is 531 g/mol. The van der Waals surface area contributed by atoms with Gasteiger partial charge in [-0.1, -0.05) is 30.3 Å². The van der Waals surface area contributed by atoms with E-state index in [9.17, 15) is 5.11 Å². The van der Waals surface area contributed by atoms with Crippen molar-refractivity contribution in [1.29, 1.82) is 0 Å². The van der Waals surface area contributed by atoms with Gasteiger partial charge in [-0.25, -0.2) is 0 Å². The normalized spacial score (nSPS) is 13.4. The number of hydrogen-bond donors (Lipinski definition) is 3. The topological polar surface area (TPSA) is 88.3 Å². The van der Waals surface area contributed by atoms with Crippen LogP contribution in [0.25, 0.3) is 0 Å². The third kappa shape index (κ3) is 11.0. The van der Waals surface area contributed by atoms with E-state index in [2.05, 4.69) is 15.6 Å². The van der Waals surface area contributed by atoms with Crippen LogP contribution in [0.1, 0.15) is 37.7 Å². The molecule has 168 valence electrons. The van der Waals surface area contributed by atoms with Crippen molar-refractivity contribution < 1.29 is 19.0 Å². The predicted octanol–water partition coefficient (Wildman–Crippen LogP) is 3.50. The summed E-state index contributed by atoms with van der Waals surface area (Å²) in [6, 6.07) is 13.7. The third-order valence-corrected chi connectivity index (χ3v) is 4.19. The monoisotopic (exact) mass is 531 g/mol. The number of ether oxygens (including phenoxy) is 2. The molecule has 0 bridgehead atoms. The molecule has 8 heteroatoms. The summed E-state index contributed by atoms with van der Waals surface area (Å²) in [7, 11) is 0. The lowest BCUT2D eigenvalue weighted by Gasteiger charge is -2.16. The largest absolute Gasteiger partial charge is 0.467 e. The van der Waals surface area contributed by atoms with Gasteiger partial charge in [-0.05, 0) is 38.0 Å². The van der Waals surface area contributed by atoms with Gasteiger partial charge < -0.3 is 29.6 Å². The van der Waals surface area contributed by atoms with Crippen molar-refractivity contribution in [2.24, 2.45) is 4.99 Å². The molecule has 2 atom stereocenters. The first-order valence-corrected chi connectivity index (χ1v) is 10.2. The zero-order chi connectivity index (χ0) is 20.7. The number of aliphatic imine (C=N–C) groups is 1. The Morgan fingerprint density at radius 1 is 1.17 bits per heavy atom. The van der Waals surface area contributed by atoms with Crippen LogP contribution in [0.3, 0.4) is 0 Å². The molecule has 0 aliphatic heterocycles. The SMILES string of the molecule is CCNC(=NCC(O)COC(C)c1ccccc1)NCCCOCc1ccco1.I. The molecule has 7 nitrogen and oxygen atoms in total. The van der Waals surface area contributed by atoms with Gasteiger partial charge in [-0.2, -0.15) is 0 Å². The molecule has 0 fully saturated rings. The summed E-state index contributed by atoms with van der Waals surface area (Å²) in [6.45, 7) is 7.07. The summed E-state index contributed by atoms with van der Waals surface area (Å²) in [6.07, 6.45) is 1.75. The number of hydrogen-bond acceptors (Lipinski definition) is 5. The summed E-state index contributed by atoms with van der Waals surface area (Å²) in [5, 5.41) is 16.6. The van der Waals surface area contributed by atoms with E-state index >= 15 is 0 Å². The zero-order valence-electron chi connectivity index (χ0n) is 17.8. The van der Waals surface area contributed by atoms with E-state index < -0.39 is 6.10 Å². The number of halogens is 1. The number of nitrogens with zero attached hydrogens (tertiary/aromatic N) is 1. The Balaban J connectivity index is 0.00000450. The number of rotatable bonds is 13. The Kier molecular flexibility index (Phi) is 14.2. The first kappa shape index (κ1) is 26.4. The minimum absolute atomic E-state index is 0. The smallest absolute Gasteiger partial charge is 0.191 e. The van der Waals surface area contributed by atoms with E-state index in [0.717, 1.165) is 30.8 Å². The molecule has 0 spiro atoms. The van der Waals surface area contributed by atoms with Crippen molar-refractivity contribution in [3.8, 4) is 0 Å². The van der Waals surface area contributed by atoms with Gasteiger partial charge in [0.15, 0.2) is 5.96 Å². The van der Waals surface area contributed by atoms with Crippen molar-refractivity contribution in [3.63, 3.8) is 0 Å². The van der Waals surface area contributed by atoms with Crippen molar-refractivity contribution in [2.75, 3.05) is 32.8 Å². The molecule has 3 N–H and O–H groups in total. The highest BCUT2D eigenvalue weighted by atomic mass is 127. The van der Waals surface area contributed by atoms with Gasteiger partial charge in [-0.3, -0.25) is 4.99 Å². The van der Waals surface area contributed by atoms with E-state index in [1.165, 1.54) is 0 Å². The summed E-state index contributed by atoms with van der Waals surface area (Å²) in [5.41, 5.74) is 1.09. The predicted molar refractivity (Wildman–Crippen MR) is 129 cm³/mol. The van der Waals surface area contributed by atoms with Crippen LogP contribution in [0.15, 0.2) is 58.1 Å². The highest BCUT2D eigenvalue weighted by Gasteiger charge is 2.10. The number of guanidine groups is 1. The molecule has 0 saturated carbocycles. The molecule has 0 amide bonds. The van der Waals surface area contributed by atoms with Crippen molar-refractivity contribution in [3.05, 3.63) is 60.1 Å². The van der Waals surface area contributed by atoms with Crippen LogP contribution in [0.2, 0.25) is 0 Å². The number of nitrogens with one attached hydrogen (secondary N) is 2. The highest BCUT2D eigenvalue weighted by Crippen LogP contribution is 2.15. The summed E-state index contributed by atoms with van der Waals surface area (Å²) < 4.78 is 16.5. The van der Waals surface area contributed by atoms with Crippen molar-refractivity contribution in [2.45, 2.75) is 39.1 Å². The van der Waals surface area contributed by atoms with Crippen LogP contribution >= 0.6 is 24.0 Å². The summed E-state index contributed by atoms with van der Waals surface area (Å²) in [4.78, 5) is 4.43. The second kappa shape index (κ2) is 16.1. The van der Waals surface area contributed by atoms with Crippen LogP contribution in [-0.4, -0.2) is 50.0 Å². The van der Waals surface area contributed by atoms with Gasteiger partial charge in [0, 0.05) is 19.7 Å². The first-order valence-electron chi connectivity index (χ1n) is 10.2. The third-order valence-electron chi connectivity index (χ3n) is 4.19. The Labute approximate surface area is 196 Å². The maximum absolute atomic E-state index is 10.2. The quantitative estimate of drug-likeness (QED) is 0.159. The van der Waals surface area contributed by atoms with Crippen LogP contribution < -0.4 is 10.6 Å². The van der Waals surface area contributed by atoms with Crippen LogP contribution in [-0.2, 0) is 16.1 Å². The maximum atomic E-state index is 10.2. The molecule has 1 aromatic heterocycles. The van der Waals surface area contributed by atoms with E-state index in [0.29, 0.717) is 19.2 Å². The molecular weight excluding hydrogens is 497 g/mol. The molecule has 0 saturated heterocycles. The first-order chi connectivity index (χ1) is 14.2. The van der Waals surface area contributed by atoms with Crippen LogP contribution in [0.4, 0.5) is 0 Å². The van der Waals surface area contributed by atoms with E-state index in [-0.39, 0.29) is 43.2 Å². The highest BCUT2D eigenvalue weighted by molar-refractivity contribution is 14.0. The van der Waals surface area contributed by atoms with Gasteiger partial charge in [-0.15, -0.1) is 24.0 Å². The van der Waals surface area contributed by atoms with Crippen LogP contribution in [0.5, 0.6) is 0 Å². The van der Waals surface area contributed by atoms with Gasteiger partial charge in [0.25, 0.3) is 0 Å². The minimum Gasteiger partial charge on any atom is -0.467 e. The summed E-state index contributed by atoms with van der Waals surface area (Å²) in [5.74, 6) is 1.50. The lowest BCUT2D eigenvalue weighted by atomic mass is 10.1. The van der Waals surface area contributed by atoms with E-state index in [1.807, 2.05) is 56.3 Å².